The number of thioether (sulfide) groups is 1. The lowest BCUT2D eigenvalue weighted by Crippen LogP contribution is -2.16. The van der Waals surface area contributed by atoms with Gasteiger partial charge in [-0.15, -0.1) is 0 Å². The Kier molecular flexibility index (Phi) is 12.9. The fourth-order valence-corrected chi connectivity index (χ4v) is 3.76. The van der Waals surface area contributed by atoms with Crippen molar-refractivity contribution in [1.29, 1.82) is 0 Å². The van der Waals surface area contributed by atoms with Gasteiger partial charge in [0.15, 0.2) is 0 Å². The van der Waals surface area contributed by atoms with Crippen LogP contribution in [0.15, 0.2) is 60.7 Å². The van der Waals surface area contributed by atoms with E-state index in [1.165, 1.54) is 41.9 Å². The van der Waals surface area contributed by atoms with Crippen molar-refractivity contribution in [3.05, 3.63) is 72.1 Å². The molecule has 0 aliphatic carbocycles. The molecule has 0 radical (unpaired) electrons. The standard InChI is InChI=1S/C24H36FNS/c1-4-8-20(2)9-7-18-27-19-21(3)12-17-24(26)11-6-5-10-22-13-15-23(25)16-14-22/h6,11,13-16,24H,2-5,7-10,12,17-19,26H2,1H3/b11-6+. The second-order valence-corrected chi connectivity index (χ2v) is 8.31. The third kappa shape index (κ3) is 12.6. The van der Waals surface area contributed by atoms with Crippen LogP contribution in [0.2, 0.25) is 0 Å². The fourth-order valence-electron chi connectivity index (χ4n) is 2.83. The molecule has 1 rings (SSSR count). The summed E-state index contributed by atoms with van der Waals surface area (Å²) in [6.45, 7) is 10.5. The van der Waals surface area contributed by atoms with Crippen molar-refractivity contribution in [3.63, 3.8) is 0 Å². The Morgan fingerprint density at radius 3 is 2.59 bits per heavy atom. The molecular weight excluding hydrogens is 353 g/mol. The summed E-state index contributed by atoms with van der Waals surface area (Å²) in [4.78, 5) is 0. The molecule has 0 fully saturated rings. The lowest BCUT2D eigenvalue weighted by atomic mass is 10.1. The summed E-state index contributed by atoms with van der Waals surface area (Å²) in [5.41, 5.74) is 9.98. The number of hydrogen-bond donors (Lipinski definition) is 1. The Morgan fingerprint density at radius 1 is 1.15 bits per heavy atom. The van der Waals surface area contributed by atoms with E-state index < -0.39 is 0 Å². The minimum absolute atomic E-state index is 0.0809. The second-order valence-electron chi connectivity index (χ2n) is 7.20. The van der Waals surface area contributed by atoms with Crippen LogP contribution in [0.3, 0.4) is 0 Å². The van der Waals surface area contributed by atoms with Crippen molar-refractivity contribution in [2.45, 2.75) is 64.3 Å². The molecule has 0 heterocycles. The number of allylic oxidation sites excluding steroid dienone is 2. The normalized spacial score (nSPS) is 12.4. The Morgan fingerprint density at radius 2 is 1.89 bits per heavy atom. The van der Waals surface area contributed by atoms with Gasteiger partial charge in [0.05, 0.1) is 0 Å². The van der Waals surface area contributed by atoms with Gasteiger partial charge in [-0.3, -0.25) is 0 Å². The number of benzene rings is 1. The molecule has 0 aromatic heterocycles. The van der Waals surface area contributed by atoms with E-state index in [-0.39, 0.29) is 11.9 Å². The van der Waals surface area contributed by atoms with E-state index in [0.717, 1.165) is 49.8 Å². The van der Waals surface area contributed by atoms with Crippen LogP contribution >= 0.6 is 11.8 Å². The molecule has 1 atom stereocenters. The molecule has 0 amide bonds. The highest BCUT2D eigenvalue weighted by molar-refractivity contribution is 7.99. The average Bonchev–Trinajstić information content (AvgIpc) is 2.65. The van der Waals surface area contributed by atoms with Gasteiger partial charge < -0.3 is 5.73 Å². The lowest BCUT2D eigenvalue weighted by Gasteiger charge is -2.09. The lowest BCUT2D eigenvalue weighted by molar-refractivity contribution is 0.627. The molecular formula is C24H36FNS. The number of rotatable bonds is 15. The van der Waals surface area contributed by atoms with E-state index in [9.17, 15) is 4.39 Å². The quantitative estimate of drug-likeness (QED) is 0.262. The SMILES string of the molecule is C=C(CCC)CCCSCC(=C)CCC(N)/C=C/CCc1ccc(F)cc1. The Balaban J connectivity index is 2.05. The zero-order chi connectivity index (χ0) is 19.9. The van der Waals surface area contributed by atoms with Crippen LogP contribution in [0, 0.1) is 5.82 Å². The van der Waals surface area contributed by atoms with Crippen molar-refractivity contribution in [2.24, 2.45) is 5.73 Å². The van der Waals surface area contributed by atoms with Crippen molar-refractivity contribution < 1.29 is 4.39 Å². The Hall–Kier alpha value is -1.32. The molecule has 0 saturated carbocycles. The van der Waals surface area contributed by atoms with E-state index in [1.807, 2.05) is 23.9 Å². The van der Waals surface area contributed by atoms with Gasteiger partial charge in [-0.2, -0.15) is 11.8 Å². The minimum Gasteiger partial charge on any atom is -0.324 e. The maximum absolute atomic E-state index is 12.9. The van der Waals surface area contributed by atoms with Crippen molar-refractivity contribution in [3.8, 4) is 0 Å². The van der Waals surface area contributed by atoms with E-state index in [4.69, 9.17) is 5.73 Å². The van der Waals surface area contributed by atoms with Crippen LogP contribution in [0.4, 0.5) is 4.39 Å². The summed E-state index contributed by atoms with van der Waals surface area (Å²) in [5, 5.41) is 0. The van der Waals surface area contributed by atoms with Crippen LogP contribution in [-0.2, 0) is 6.42 Å². The molecule has 0 bridgehead atoms. The summed E-state index contributed by atoms with van der Waals surface area (Å²) < 4.78 is 12.9. The maximum Gasteiger partial charge on any atom is 0.123 e. The van der Waals surface area contributed by atoms with E-state index in [2.05, 4.69) is 32.2 Å². The monoisotopic (exact) mass is 389 g/mol. The molecule has 3 heteroatoms. The molecule has 0 spiro atoms. The largest absolute Gasteiger partial charge is 0.324 e. The Labute approximate surface area is 170 Å². The van der Waals surface area contributed by atoms with Crippen molar-refractivity contribution in [1.82, 2.24) is 0 Å². The number of aryl methyl sites for hydroxylation is 1. The van der Waals surface area contributed by atoms with Crippen molar-refractivity contribution in [2.75, 3.05) is 11.5 Å². The zero-order valence-corrected chi connectivity index (χ0v) is 17.7. The molecule has 27 heavy (non-hydrogen) atoms. The van der Waals surface area contributed by atoms with Gasteiger partial charge in [-0.25, -0.2) is 4.39 Å². The molecule has 1 unspecified atom stereocenters. The summed E-state index contributed by atoms with van der Waals surface area (Å²) in [5.74, 6) is 2.02. The van der Waals surface area contributed by atoms with Gasteiger partial charge in [0.2, 0.25) is 0 Å². The fraction of sp³-hybridized carbons (Fsp3) is 0.500. The highest BCUT2D eigenvalue weighted by Crippen LogP contribution is 2.17. The third-order valence-corrected chi connectivity index (χ3v) is 5.65. The minimum atomic E-state index is -0.184. The molecule has 1 nitrogen and oxygen atoms in total. The van der Waals surface area contributed by atoms with Crippen molar-refractivity contribution >= 4 is 11.8 Å². The van der Waals surface area contributed by atoms with E-state index in [0.29, 0.717) is 0 Å². The first-order chi connectivity index (χ1) is 13.0. The summed E-state index contributed by atoms with van der Waals surface area (Å²) in [7, 11) is 0. The van der Waals surface area contributed by atoms with E-state index in [1.54, 1.807) is 0 Å². The van der Waals surface area contributed by atoms with Gasteiger partial charge in [-0.05, 0) is 68.4 Å². The number of halogens is 1. The smallest absolute Gasteiger partial charge is 0.123 e. The van der Waals surface area contributed by atoms with Crippen LogP contribution in [-0.4, -0.2) is 17.5 Å². The Bertz CT molecular complexity index is 577. The summed E-state index contributed by atoms with van der Waals surface area (Å²) in [6, 6.07) is 6.78. The zero-order valence-electron chi connectivity index (χ0n) is 16.9. The molecule has 1 aromatic rings. The summed E-state index contributed by atoms with van der Waals surface area (Å²) in [6.07, 6.45) is 12.7. The van der Waals surface area contributed by atoms with Gasteiger partial charge in [0.1, 0.15) is 5.82 Å². The number of hydrogen-bond acceptors (Lipinski definition) is 2. The van der Waals surface area contributed by atoms with Gasteiger partial charge >= 0.3 is 0 Å². The third-order valence-electron chi connectivity index (χ3n) is 4.46. The first kappa shape index (κ1) is 23.7. The number of nitrogens with two attached hydrogens (primary N) is 1. The van der Waals surface area contributed by atoms with Crippen LogP contribution in [0.5, 0.6) is 0 Å². The predicted octanol–water partition coefficient (Wildman–Crippen LogP) is 6.85. The second kappa shape index (κ2) is 14.7. The van der Waals surface area contributed by atoms with Gasteiger partial charge in [0.25, 0.3) is 0 Å². The van der Waals surface area contributed by atoms with Gasteiger partial charge in [0, 0.05) is 11.8 Å². The van der Waals surface area contributed by atoms with E-state index >= 15 is 0 Å². The highest BCUT2D eigenvalue weighted by atomic mass is 32.2. The highest BCUT2D eigenvalue weighted by Gasteiger charge is 2.01. The first-order valence-corrected chi connectivity index (χ1v) is 11.2. The molecule has 2 N–H and O–H groups in total. The van der Waals surface area contributed by atoms with Crippen LogP contribution in [0.25, 0.3) is 0 Å². The predicted molar refractivity (Wildman–Crippen MR) is 121 cm³/mol. The molecule has 150 valence electrons. The van der Waals surface area contributed by atoms with Crippen LogP contribution < -0.4 is 5.73 Å². The molecule has 0 aliphatic heterocycles. The maximum atomic E-state index is 12.9. The molecule has 0 aliphatic rings. The van der Waals surface area contributed by atoms with Crippen LogP contribution in [0.1, 0.15) is 57.4 Å². The summed E-state index contributed by atoms with van der Waals surface area (Å²) >= 11 is 1.97. The topological polar surface area (TPSA) is 26.0 Å². The first-order valence-electron chi connectivity index (χ1n) is 10.1. The van der Waals surface area contributed by atoms with Gasteiger partial charge in [-0.1, -0.05) is 61.9 Å². The average molecular weight is 390 g/mol. The molecule has 1 aromatic carbocycles. The molecule has 0 saturated heterocycles.